The molecule has 2 aromatic heterocycles. The second kappa shape index (κ2) is 9.70. The molecule has 1 unspecified atom stereocenters. The molecule has 0 aliphatic carbocycles. The zero-order chi connectivity index (χ0) is 29.7. The topological polar surface area (TPSA) is 153 Å². The van der Waals surface area contributed by atoms with Crippen molar-refractivity contribution in [1.29, 1.82) is 0 Å². The third-order valence-electron chi connectivity index (χ3n) is 7.13. The van der Waals surface area contributed by atoms with Gasteiger partial charge in [0, 0.05) is 28.3 Å². The number of amides is 2. The smallest absolute Gasteiger partial charge is 0.424 e. The third kappa shape index (κ3) is 4.67. The van der Waals surface area contributed by atoms with E-state index in [1.54, 1.807) is 12.1 Å². The summed E-state index contributed by atoms with van der Waals surface area (Å²) < 4.78 is 62.9. The van der Waals surface area contributed by atoms with Gasteiger partial charge in [0.1, 0.15) is 29.3 Å². The van der Waals surface area contributed by atoms with Gasteiger partial charge in [-0.15, -0.1) is 0 Å². The maximum absolute atomic E-state index is 14.6. The molecule has 1 aliphatic rings. The molecular weight excluding hydrogens is 546 g/mol. The summed E-state index contributed by atoms with van der Waals surface area (Å²) in [6, 6.07) is 11.4. The minimum absolute atomic E-state index is 0.0320. The number of hydrogen-bond acceptors (Lipinski definition) is 7. The van der Waals surface area contributed by atoms with E-state index in [1.165, 1.54) is 37.4 Å². The molecule has 2 aromatic carbocycles. The van der Waals surface area contributed by atoms with Crippen LogP contribution < -0.4 is 21.5 Å². The maximum atomic E-state index is 14.6. The molecule has 0 saturated carbocycles. The third-order valence-corrected chi connectivity index (χ3v) is 7.13. The lowest BCUT2D eigenvalue weighted by molar-refractivity contribution is -0.265. The first-order valence-electron chi connectivity index (χ1n) is 12.2. The van der Waals surface area contributed by atoms with Crippen LogP contribution in [0.2, 0.25) is 0 Å². The summed E-state index contributed by atoms with van der Waals surface area (Å²) >= 11 is 0. The number of nitrogens with one attached hydrogen (secondary N) is 1. The molecule has 41 heavy (non-hydrogen) atoms. The molecule has 9 nitrogen and oxygen atoms in total. The van der Waals surface area contributed by atoms with Crippen molar-refractivity contribution in [2.24, 2.45) is 5.73 Å². The van der Waals surface area contributed by atoms with Gasteiger partial charge in [-0.3, -0.25) is 14.6 Å². The number of aliphatic hydroxyl groups is 1. The van der Waals surface area contributed by atoms with E-state index >= 15 is 0 Å². The second-order valence-electron chi connectivity index (χ2n) is 9.91. The molecule has 0 bridgehead atoms. The molecule has 5 rings (SSSR count). The van der Waals surface area contributed by atoms with Gasteiger partial charge >= 0.3 is 6.18 Å². The highest BCUT2D eigenvalue weighted by Crippen LogP contribution is 2.47. The maximum Gasteiger partial charge on any atom is 0.424 e. The van der Waals surface area contributed by atoms with Crippen LogP contribution in [0.4, 0.5) is 23.2 Å². The Morgan fingerprint density at radius 2 is 1.85 bits per heavy atom. The first-order valence-corrected chi connectivity index (χ1v) is 12.2. The molecular formula is C28H23F4N5O4. The minimum Gasteiger partial charge on any atom is -0.489 e. The van der Waals surface area contributed by atoms with Gasteiger partial charge in [0.25, 0.3) is 5.91 Å². The molecule has 0 spiro atoms. The van der Waals surface area contributed by atoms with Crippen LogP contribution in [0, 0.1) is 5.82 Å². The molecule has 2 atom stereocenters. The summed E-state index contributed by atoms with van der Waals surface area (Å²) in [6.07, 6.45) is -3.85. The summed E-state index contributed by atoms with van der Waals surface area (Å²) in [4.78, 5) is 33.5. The van der Waals surface area contributed by atoms with Crippen LogP contribution >= 0.6 is 0 Å². The first kappa shape index (κ1) is 27.8. The van der Waals surface area contributed by atoms with E-state index in [1.807, 2.05) is 0 Å². The summed E-state index contributed by atoms with van der Waals surface area (Å²) in [5, 5.41) is 13.7. The Labute approximate surface area is 230 Å². The van der Waals surface area contributed by atoms with Gasteiger partial charge in [0.05, 0.1) is 23.4 Å². The normalized spacial score (nSPS) is 17.9. The first-order chi connectivity index (χ1) is 19.2. The predicted molar refractivity (Wildman–Crippen MR) is 140 cm³/mol. The number of fused-ring (bicyclic) bond motifs is 2. The number of ether oxygens (including phenoxy) is 1. The van der Waals surface area contributed by atoms with E-state index in [0.717, 1.165) is 18.2 Å². The molecule has 4 aromatic rings. The molecule has 3 heterocycles. The number of alkyl halides is 3. The quantitative estimate of drug-likeness (QED) is 0.205. The van der Waals surface area contributed by atoms with Crippen LogP contribution in [-0.2, 0) is 15.8 Å². The summed E-state index contributed by atoms with van der Waals surface area (Å²) in [5.41, 5.74) is 5.75. The number of halogens is 4. The molecule has 2 amide bonds. The Hall–Kier alpha value is -4.78. The van der Waals surface area contributed by atoms with Crippen molar-refractivity contribution in [2.75, 3.05) is 18.9 Å². The van der Waals surface area contributed by atoms with E-state index in [2.05, 4.69) is 15.3 Å². The molecule has 0 fully saturated rings. The van der Waals surface area contributed by atoms with Gasteiger partial charge in [0.15, 0.2) is 0 Å². The van der Waals surface area contributed by atoms with E-state index in [9.17, 15) is 32.3 Å². The molecule has 212 valence electrons. The minimum atomic E-state index is -5.35. The highest BCUT2D eigenvalue weighted by atomic mass is 19.4. The summed E-state index contributed by atoms with van der Waals surface area (Å²) in [6.45, 7) is -0.258. The summed E-state index contributed by atoms with van der Waals surface area (Å²) in [7, 11) is 0. The standard InChI is InChI=1S/C28H23F4N5O4/c1-26(25(34)39)13-41-23-18(26)11-20(37-22(23)14-4-6-17(29)7-5-14)27(40,28(30,31)32)12-36-24(38)16-9-15-3-2-8-35-21(15)19(33)10-16/h2-11,40H,12-13,33H2,1H3,(H2,34,39)(H,36,38)/t26-,27?/m0/s1. The van der Waals surface area contributed by atoms with Crippen molar-refractivity contribution >= 4 is 28.4 Å². The highest BCUT2D eigenvalue weighted by Gasteiger charge is 2.57. The van der Waals surface area contributed by atoms with E-state index in [0.29, 0.717) is 10.9 Å². The number of nitrogen functional groups attached to an aromatic ring is 1. The van der Waals surface area contributed by atoms with Gasteiger partial charge in [-0.25, -0.2) is 9.37 Å². The van der Waals surface area contributed by atoms with E-state index < -0.39 is 47.1 Å². The number of rotatable bonds is 6. The van der Waals surface area contributed by atoms with Crippen molar-refractivity contribution in [1.82, 2.24) is 15.3 Å². The number of primary amides is 1. The average Bonchev–Trinajstić information content (AvgIpc) is 3.28. The van der Waals surface area contributed by atoms with Crippen molar-refractivity contribution in [3.8, 4) is 17.0 Å². The lowest BCUT2D eigenvalue weighted by Gasteiger charge is -2.31. The number of pyridine rings is 2. The number of carbonyl (C=O) groups excluding carboxylic acids is 2. The number of aromatic nitrogens is 2. The molecule has 1 aliphatic heterocycles. The van der Waals surface area contributed by atoms with E-state index in [4.69, 9.17) is 16.2 Å². The highest BCUT2D eigenvalue weighted by molar-refractivity contribution is 6.01. The fourth-order valence-electron chi connectivity index (χ4n) is 4.60. The molecule has 6 N–H and O–H groups in total. The van der Waals surface area contributed by atoms with Gasteiger partial charge in [-0.1, -0.05) is 6.07 Å². The summed E-state index contributed by atoms with van der Waals surface area (Å²) in [5.74, 6) is -2.47. The number of carbonyl (C=O) groups is 2. The lowest BCUT2D eigenvalue weighted by Crippen LogP contribution is -2.51. The van der Waals surface area contributed by atoms with Crippen LogP contribution in [0.3, 0.4) is 0 Å². The monoisotopic (exact) mass is 569 g/mol. The predicted octanol–water partition coefficient (Wildman–Crippen LogP) is 3.33. The number of nitrogens with zero attached hydrogens (tertiary/aromatic N) is 2. The molecule has 13 heteroatoms. The Morgan fingerprint density at radius 3 is 2.51 bits per heavy atom. The van der Waals surface area contributed by atoms with Crippen molar-refractivity contribution in [2.45, 2.75) is 24.1 Å². The Morgan fingerprint density at radius 1 is 1.15 bits per heavy atom. The molecule has 0 saturated heterocycles. The Bertz CT molecular complexity index is 1700. The van der Waals surface area contributed by atoms with Gasteiger partial charge < -0.3 is 26.6 Å². The van der Waals surface area contributed by atoms with Crippen LogP contribution in [0.25, 0.3) is 22.2 Å². The lowest BCUT2D eigenvalue weighted by atomic mass is 9.81. The number of benzene rings is 2. The Balaban J connectivity index is 1.59. The largest absolute Gasteiger partial charge is 0.489 e. The van der Waals surface area contributed by atoms with Gasteiger partial charge in [-0.05, 0) is 55.5 Å². The fourth-order valence-corrected chi connectivity index (χ4v) is 4.60. The molecule has 0 radical (unpaired) electrons. The van der Waals surface area contributed by atoms with E-state index in [-0.39, 0.29) is 40.4 Å². The second-order valence-corrected chi connectivity index (χ2v) is 9.91. The van der Waals surface area contributed by atoms with Gasteiger partial charge in [-0.2, -0.15) is 13.2 Å². The van der Waals surface area contributed by atoms with Crippen molar-refractivity contribution < 1.29 is 37.0 Å². The fraction of sp³-hybridized carbons (Fsp3) is 0.214. The van der Waals surface area contributed by atoms with Gasteiger partial charge in [0.2, 0.25) is 11.5 Å². The van der Waals surface area contributed by atoms with Crippen LogP contribution in [0.5, 0.6) is 5.75 Å². The van der Waals surface area contributed by atoms with Crippen molar-refractivity contribution in [3.05, 3.63) is 83.4 Å². The Kier molecular flexibility index (Phi) is 6.57. The SMILES string of the molecule is C[C@]1(C(N)=O)COc2c1cc(C(O)(CNC(=O)c1cc(N)c3ncccc3c1)C(F)(F)F)nc2-c1ccc(F)cc1. The zero-order valence-electron chi connectivity index (χ0n) is 21.4. The van der Waals surface area contributed by atoms with Crippen molar-refractivity contribution in [3.63, 3.8) is 0 Å². The number of anilines is 1. The van der Waals surface area contributed by atoms with Crippen LogP contribution in [0.15, 0.2) is 60.8 Å². The average molecular weight is 570 g/mol. The van der Waals surface area contributed by atoms with Crippen LogP contribution in [0.1, 0.15) is 28.5 Å². The number of nitrogens with two attached hydrogens (primary N) is 2. The number of hydrogen-bond donors (Lipinski definition) is 4. The zero-order valence-corrected chi connectivity index (χ0v) is 21.4. The van der Waals surface area contributed by atoms with Crippen LogP contribution in [-0.4, -0.2) is 46.2 Å².